The van der Waals surface area contributed by atoms with Crippen molar-refractivity contribution in [3.63, 3.8) is 0 Å². The molecule has 0 radical (unpaired) electrons. The number of rotatable bonds is 7. The van der Waals surface area contributed by atoms with Crippen molar-refractivity contribution in [2.45, 2.75) is 45.3 Å². The van der Waals surface area contributed by atoms with E-state index in [-0.39, 0.29) is 11.0 Å². The molecule has 1 aromatic rings. The molecule has 0 saturated heterocycles. The van der Waals surface area contributed by atoms with Crippen LogP contribution in [0.5, 0.6) is 5.75 Å². The van der Waals surface area contributed by atoms with Gasteiger partial charge in [-0.15, -0.1) is 0 Å². The van der Waals surface area contributed by atoms with E-state index in [0.717, 1.165) is 10.2 Å². The average Bonchev–Trinajstić information content (AvgIpc) is 2.41. The third-order valence-electron chi connectivity index (χ3n) is 4.15. The highest BCUT2D eigenvalue weighted by Crippen LogP contribution is 2.36. The first-order valence-electron chi connectivity index (χ1n) is 7.55. The topological polar surface area (TPSA) is 42.2 Å². The standard InChI is InChI=1S/C17H26BrNO2Si/c1-17(2,3)22(4,5)21-13-14(9-10-19)12-20-16-8-6-7-15(18)11-16/h6-8,11,14H,9,12-13H2,1-5H3/t14-/m0/s1. The third-order valence-corrected chi connectivity index (χ3v) is 9.14. The maximum atomic E-state index is 9.01. The van der Waals surface area contributed by atoms with Gasteiger partial charge in [-0.3, -0.25) is 0 Å². The van der Waals surface area contributed by atoms with Crippen LogP contribution >= 0.6 is 15.9 Å². The predicted molar refractivity (Wildman–Crippen MR) is 96.5 cm³/mol. The molecule has 0 aliphatic carbocycles. The second kappa shape index (κ2) is 8.14. The van der Waals surface area contributed by atoms with Crippen molar-refractivity contribution in [1.82, 2.24) is 0 Å². The van der Waals surface area contributed by atoms with E-state index in [9.17, 15) is 0 Å². The van der Waals surface area contributed by atoms with Crippen LogP contribution in [0.4, 0.5) is 0 Å². The summed E-state index contributed by atoms with van der Waals surface area (Å²) >= 11 is 3.43. The number of nitriles is 1. The molecular formula is C17H26BrNO2Si. The molecule has 1 rings (SSSR count). The largest absolute Gasteiger partial charge is 0.493 e. The molecule has 1 aromatic carbocycles. The minimum absolute atomic E-state index is 0.0955. The Morgan fingerprint density at radius 3 is 2.50 bits per heavy atom. The van der Waals surface area contributed by atoms with E-state index in [1.807, 2.05) is 24.3 Å². The molecule has 22 heavy (non-hydrogen) atoms. The van der Waals surface area contributed by atoms with Crippen LogP contribution in [0.1, 0.15) is 27.2 Å². The zero-order valence-corrected chi connectivity index (χ0v) is 16.7. The van der Waals surface area contributed by atoms with Crippen LogP contribution in [0.2, 0.25) is 18.1 Å². The Morgan fingerprint density at radius 2 is 1.95 bits per heavy atom. The Labute approximate surface area is 143 Å². The van der Waals surface area contributed by atoms with E-state index < -0.39 is 8.32 Å². The lowest BCUT2D eigenvalue weighted by Crippen LogP contribution is -2.42. The number of nitrogens with zero attached hydrogens (tertiary/aromatic N) is 1. The summed E-state index contributed by atoms with van der Waals surface area (Å²) in [7, 11) is -1.79. The molecule has 0 heterocycles. The van der Waals surface area contributed by atoms with Gasteiger partial charge in [0.15, 0.2) is 8.32 Å². The zero-order chi connectivity index (χ0) is 16.8. The zero-order valence-electron chi connectivity index (χ0n) is 14.1. The Kier molecular flexibility index (Phi) is 7.11. The van der Waals surface area contributed by atoms with E-state index >= 15 is 0 Å². The van der Waals surface area contributed by atoms with Crippen LogP contribution in [0.15, 0.2) is 28.7 Å². The molecule has 122 valence electrons. The highest BCUT2D eigenvalue weighted by molar-refractivity contribution is 9.10. The summed E-state index contributed by atoms with van der Waals surface area (Å²) in [6.45, 7) is 12.2. The maximum Gasteiger partial charge on any atom is 0.191 e. The second-order valence-corrected chi connectivity index (χ2v) is 12.8. The minimum Gasteiger partial charge on any atom is -0.493 e. The van der Waals surface area contributed by atoms with Gasteiger partial charge in [-0.2, -0.15) is 5.26 Å². The fraction of sp³-hybridized carbons (Fsp3) is 0.588. The van der Waals surface area contributed by atoms with Gasteiger partial charge in [-0.25, -0.2) is 0 Å². The van der Waals surface area contributed by atoms with Gasteiger partial charge in [0.25, 0.3) is 0 Å². The van der Waals surface area contributed by atoms with Crippen molar-refractivity contribution in [3.8, 4) is 11.8 Å². The molecule has 0 bridgehead atoms. The average molecular weight is 384 g/mol. The molecule has 0 aliphatic heterocycles. The lowest BCUT2D eigenvalue weighted by atomic mass is 10.1. The van der Waals surface area contributed by atoms with Gasteiger partial charge < -0.3 is 9.16 Å². The van der Waals surface area contributed by atoms with Crippen LogP contribution in [0.3, 0.4) is 0 Å². The first-order valence-corrected chi connectivity index (χ1v) is 11.2. The lowest BCUT2D eigenvalue weighted by molar-refractivity contribution is 0.168. The van der Waals surface area contributed by atoms with Gasteiger partial charge in [0.1, 0.15) is 5.75 Å². The van der Waals surface area contributed by atoms with Crippen LogP contribution in [0.25, 0.3) is 0 Å². The van der Waals surface area contributed by atoms with E-state index in [4.69, 9.17) is 14.4 Å². The van der Waals surface area contributed by atoms with Crippen molar-refractivity contribution in [2.75, 3.05) is 13.2 Å². The van der Waals surface area contributed by atoms with E-state index in [0.29, 0.717) is 19.6 Å². The number of ether oxygens (including phenoxy) is 1. The highest BCUT2D eigenvalue weighted by atomic mass is 79.9. The van der Waals surface area contributed by atoms with Gasteiger partial charge in [0, 0.05) is 23.4 Å². The molecular weight excluding hydrogens is 358 g/mol. The minimum atomic E-state index is -1.79. The molecule has 3 nitrogen and oxygen atoms in total. The van der Waals surface area contributed by atoms with Crippen molar-refractivity contribution >= 4 is 24.2 Å². The Morgan fingerprint density at radius 1 is 1.27 bits per heavy atom. The number of halogens is 1. The highest BCUT2D eigenvalue weighted by Gasteiger charge is 2.37. The van der Waals surface area contributed by atoms with Crippen LogP contribution in [0, 0.1) is 17.2 Å². The van der Waals surface area contributed by atoms with Crippen LogP contribution in [-0.2, 0) is 4.43 Å². The number of hydrogen-bond donors (Lipinski definition) is 0. The molecule has 0 unspecified atom stereocenters. The molecule has 0 amide bonds. The van der Waals surface area contributed by atoms with E-state index in [1.54, 1.807) is 0 Å². The summed E-state index contributed by atoms with van der Waals surface area (Å²) in [6.07, 6.45) is 0.447. The van der Waals surface area contributed by atoms with Crippen LogP contribution < -0.4 is 4.74 Å². The monoisotopic (exact) mass is 383 g/mol. The fourth-order valence-electron chi connectivity index (χ4n) is 1.61. The van der Waals surface area contributed by atoms with E-state index in [1.165, 1.54) is 0 Å². The van der Waals surface area contributed by atoms with Gasteiger partial charge in [0.05, 0.1) is 12.7 Å². The van der Waals surface area contributed by atoms with Crippen molar-refractivity contribution in [3.05, 3.63) is 28.7 Å². The number of benzene rings is 1. The Bertz CT molecular complexity index is 520. The second-order valence-electron chi connectivity index (χ2n) is 7.07. The summed E-state index contributed by atoms with van der Waals surface area (Å²) < 4.78 is 13.0. The summed E-state index contributed by atoms with van der Waals surface area (Å²) in [5, 5.41) is 9.19. The third kappa shape index (κ3) is 6.11. The molecule has 0 aromatic heterocycles. The molecule has 0 fully saturated rings. The normalized spacial score (nSPS) is 13.5. The maximum absolute atomic E-state index is 9.01. The molecule has 1 atom stereocenters. The predicted octanol–water partition coefficient (Wildman–Crippen LogP) is 5.38. The molecule has 0 spiro atoms. The van der Waals surface area contributed by atoms with Crippen molar-refractivity contribution < 1.29 is 9.16 Å². The summed E-state index contributed by atoms with van der Waals surface area (Å²) in [5.74, 6) is 0.905. The van der Waals surface area contributed by atoms with Gasteiger partial charge >= 0.3 is 0 Å². The smallest absolute Gasteiger partial charge is 0.191 e. The first-order chi connectivity index (χ1) is 10.2. The SMILES string of the molecule is CC(C)(C)[Si](C)(C)OC[C@@H](CC#N)COc1cccc(Br)c1. The molecule has 0 N–H and O–H groups in total. The molecule has 5 heteroatoms. The fourth-order valence-corrected chi connectivity index (χ4v) is 3.07. The molecule has 0 aliphatic rings. The van der Waals surface area contributed by atoms with Crippen molar-refractivity contribution in [1.29, 1.82) is 5.26 Å². The van der Waals surface area contributed by atoms with Crippen molar-refractivity contribution in [2.24, 2.45) is 5.92 Å². The Hall–Kier alpha value is -0.833. The number of hydrogen-bond acceptors (Lipinski definition) is 3. The van der Waals surface area contributed by atoms with E-state index in [2.05, 4.69) is 55.9 Å². The summed E-state index contributed by atoms with van der Waals surface area (Å²) in [6, 6.07) is 9.98. The lowest BCUT2D eigenvalue weighted by Gasteiger charge is -2.37. The summed E-state index contributed by atoms with van der Waals surface area (Å²) in [5.41, 5.74) is 0. The Balaban J connectivity index is 2.58. The molecule has 0 saturated carbocycles. The summed E-state index contributed by atoms with van der Waals surface area (Å²) in [4.78, 5) is 0. The van der Waals surface area contributed by atoms with Gasteiger partial charge in [-0.1, -0.05) is 42.8 Å². The quantitative estimate of drug-likeness (QED) is 0.593. The van der Waals surface area contributed by atoms with Gasteiger partial charge in [0.2, 0.25) is 0 Å². The first kappa shape index (κ1) is 19.2. The van der Waals surface area contributed by atoms with Crippen LogP contribution in [-0.4, -0.2) is 21.5 Å². The van der Waals surface area contributed by atoms with Gasteiger partial charge in [-0.05, 0) is 36.3 Å².